The number of carboxylic acids is 1. The second-order valence-electron chi connectivity index (χ2n) is 9.42. The molecule has 4 rings (SSSR count). The standard InChI is InChI=1S/C26H28N4O4S.C2HF3O2/c1-35(32,33)23-8-3-2-7-22(23)18-9-11-20(12-10-18)29-25(31)26(13-15-34-16-14-26)30-21-6-4-5-19(17-21)24(27)28;3-2(4,5)1(6)7/h2-12,17,30H,13-16H2,1H3,(H3,27,28)(H,29,31);(H,6,7). The first-order valence-electron chi connectivity index (χ1n) is 12.4. The summed E-state index contributed by atoms with van der Waals surface area (Å²) in [7, 11) is -3.38. The number of ether oxygens (including phenoxy) is 1. The second-order valence-corrected chi connectivity index (χ2v) is 11.4. The van der Waals surface area contributed by atoms with Crippen molar-refractivity contribution in [3.8, 4) is 11.1 Å². The molecule has 1 aliphatic heterocycles. The lowest BCUT2D eigenvalue weighted by atomic mass is 9.88. The van der Waals surface area contributed by atoms with E-state index in [9.17, 15) is 26.4 Å². The number of halogens is 3. The molecule has 3 aromatic rings. The van der Waals surface area contributed by atoms with Gasteiger partial charge in [-0.3, -0.25) is 10.2 Å². The van der Waals surface area contributed by atoms with E-state index in [1.54, 1.807) is 66.7 Å². The molecule has 0 saturated carbocycles. The van der Waals surface area contributed by atoms with Crippen molar-refractivity contribution in [3.05, 3.63) is 78.4 Å². The number of alkyl halides is 3. The van der Waals surface area contributed by atoms with Gasteiger partial charge in [0, 0.05) is 54.8 Å². The molecule has 0 radical (unpaired) electrons. The second kappa shape index (κ2) is 13.0. The first kappa shape index (κ1) is 32.1. The Labute approximate surface area is 240 Å². The molecule has 0 atom stereocenters. The maximum atomic E-state index is 13.5. The van der Waals surface area contributed by atoms with E-state index in [1.807, 2.05) is 6.07 Å². The highest BCUT2D eigenvalue weighted by molar-refractivity contribution is 7.90. The number of hydrogen-bond acceptors (Lipinski definition) is 7. The van der Waals surface area contributed by atoms with Crippen molar-refractivity contribution < 1.29 is 41.0 Å². The molecule has 1 aliphatic rings. The Morgan fingerprint density at radius 2 is 1.57 bits per heavy atom. The van der Waals surface area contributed by atoms with Crippen LogP contribution in [0.1, 0.15) is 18.4 Å². The number of sulfone groups is 1. The summed E-state index contributed by atoms with van der Waals surface area (Å²) in [6, 6.07) is 21.1. The first-order valence-corrected chi connectivity index (χ1v) is 14.3. The Balaban J connectivity index is 0.000000616. The summed E-state index contributed by atoms with van der Waals surface area (Å²) in [6.07, 6.45) is -2.95. The minimum Gasteiger partial charge on any atom is -0.475 e. The lowest BCUT2D eigenvalue weighted by molar-refractivity contribution is -0.192. The van der Waals surface area contributed by atoms with Gasteiger partial charge in [-0.15, -0.1) is 0 Å². The fraction of sp³-hybridized carbons (Fsp3) is 0.250. The van der Waals surface area contributed by atoms with Crippen LogP contribution in [0, 0.1) is 5.41 Å². The Hall–Kier alpha value is -4.43. The summed E-state index contributed by atoms with van der Waals surface area (Å²) in [6.45, 7) is 0.877. The van der Waals surface area contributed by atoms with Crippen molar-refractivity contribution in [1.82, 2.24) is 0 Å². The van der Waals surface area contributed by atoms with Gasteiger partial charge >= 0.3 is 12.1 Å². The fourth-order valence-corrected chi connectivity index (χ4v) is 5.09. The van der Waals surface area contributed by atoms with Crippen LogP contribution in [0.3, 0.4) is 0 Å². The van der Waals surface area contributed by atoms with Crippen LogP contribution in [0.2, 0.25) is 0 Å². The molecule has 0 spiro atoms. The van der Waals surface area contributed by atoms with E-state index in [0.29, 0.717) is 48.6 Å². The molecule has 1 fully saturated rings. The summed E-state index contributed by atoms with van der Waals surface area (Å²) < 4.78 is 61.6. The largest absolute Gasteiger partial charge is 0.490 e. The smallest absolute Gasteiger partial charge is 0.475 e. The molecule has 14 heteroatoms. The molecule has 6 N–H and O–H groups in total. The average Bonchev–Trinajstić information content (AvgIpc) is 2.93. The molecule has 1 heterocycles. The maximum Gasteiger partial charge on any atom is 0.490 e. The minimum absolute atomic E-state index is 0.0448. The van der Waals surface area contributed by atoms with E-state index in [0.717, 1.165) is 5.56 Å². The lowest BCUT2D eigenvalue weighted by Crippen LogP contribution is -2.53. The van der Waals surface area contributed by atoms with Crippen molar-refractivity contribution in [2.45, 2.75) is 29.5 Å². The van der Waals surface area contributed by atoms with Gasteiger partial charge in [0.05, 0.1) is 4.90 Å². The Bertz CT molecular complexity index is 1550. The monoisotopic (exact) mass is 606 g/mol. The Morgan fingerprint density at radius 3 is 2.12 bits per heavy atom. The molecular weight excluding hydrogens is 577 g/mol. The molecule has 0 aromatic heterocycles. The van der Waals surface area contributed by atoms with E-state index in [2.05, 4.69) is 10.6 Å². The van der Waals surface area contributed by atoms with Crippen LogP contribution in [-0.2, 0) is 24.2 Å². The number of benzene rings is 3. The van der Waals surface area contributed by atoms with Crippen molar-refractivity contribution in [2.24, 2.45) is 5.73 Å². The van der Waals surface area contributed by atoms with Gasteiger partial charge in [-0.1, -0.05) is 42.5 Å². The molecule has 0 aliphatic carbocycles. The molecular formula is C28H29F3N4O6S. The number of amides is 1. The van der Waals surface area contributed by atoms with E-state index in [4.69, 9.17) is 25.8 Å². The highest BCUT2D eigenvalue weighted by Gasteiger charge is 2.40. The fourth-order valence-electron chi connectivity index (χ4n) is 4.18. The molecule has 42 heavy (non-hydrogen) atoms. The Morgan fingerprint density at radius 1 is 0.976 bits per heavy atom. The summed E-state index contributed by atoms with van der Waals surface area (Å²) in [5.41, 5.74) is 7.95. The molecule has 1 saturated heterocycles. The van der Waals surface area contributed by atoms with Crippen LogP contribution >= 0.6 is 0 Å². The van der Waals surface area contributed by atoms with Crippen LogP contribution in [0.15, 0.2) is 77.7 Å². The minimum atomic E-state index is -5.08. The third-order valence-corrected chi connectivity index (χ3v) is 7.48. The van der Waals surface area contributed by atoms with Gasteiger partial charge in [0.25, 0.3) is 0 Å². The number of rotatable bonds is 7. The number of hydrogen-bond donors (Lipinski definition) is 5. The number of carboxylic acid groups (broad SMARTS) is 1. The van der Waals surface area contributed by atoms with E-state index in [-0.39, 0.29) is 16.6 Å². The number of carbonyl (C=O) groups excluding carboxylic acids is 1. The number of carbonyl (C=O) groups is 2. The van der Waals surface area contributed by atoms with Crippen LogP contribution < -0.4 is 16.4 Å². The van der Waals surface area contributed by atoms with Gasteiger partial charge in [-0.05, 0) is 35.9 Å². The van der Waals surface area contributed by atoms with Crippen molar-refractivity contribution in [1.29, 1.82) is 5.41 Å². The zero-order chi connectivity index (χ0) is 31.1. The number of amidine groups is 1. The molecule has 10 nitrogen and oxygen atoms in total. The molecule has 0 bridgehead atoms. The summed E-state index contributed by atoms with van der Waals surface area (Å²) in [5, 5.41) is 21.2. The number of nitrogens with one attached hydrogen (secondary N) is 3. The maximum absolute atomic E-state index is 13.5. The van der Waals surface area contributed by atoms with Crippen molar-refractivity contribution in [3.63, 3.8) is 0 Å². The molecule has 224 valence electrons. The van der Waals surface area contributed by atoms with Gasteiger partial charge in [0.2, 0.25) is 5.91 Å². The zero-order valence-corrected chi connectivity index (χ0v) is 23.2. The third kappa shape index (κ3) is 8.30. The number of nitrogens with two attached hydrogens (primary N) is 1. The summed E-state index contributed by atoms with van der Waals surface area (Å²) in [4.78, 5) is 22.6. The number of aliphatic carboxylic acids is 1. The number of anilines is 2. The van der Waals surface area contributed by atoms with Gasteiger partial charge in [-0.25, -0.2) is 13.2 Å². The molecule has 0 unspecified atom stereocenters. The van der Waals surface area contributed by atoms with Crippen molar-refractivity contribution in [2.75, 3.05) is 30.1 Å². The van der Waals surface area contributed by atoms with E-state index >= 15 is 0 Å². The van der Waals surface area contributed by atoms with Crippen LogP contribution in [0.5, 0.6) is 0 Å². The highest BCUT2D eigenvalue weighted by Crippen LogP contribution is 2.31. The predicted octanol–water partition coefficient (Wildman–Crippen LogP) is 4.27. The first-order chi connectivity index (χ1) is 19.6. The zero-order valence-electron chi connectivity index (χ0n) is 22.4. The highest BCUT2D eigenvalue weighted by atomic mass is 32.2. The van der Waals surface area contributed by atoms with Gasteiger partial charge in [0.1, 0.15) is 11.4 Å². The van der Waals surface area contributed by atoms with Gasteiger partial charge in [0.15, 0.2) is 9.84 Å². The summed E-state index contributed by atoms with van der Waals surface area (Å²) >= 11 is 0. The van der Waals surface area contributed by atoms with E-state index in [1.165, 1.54) is 6.26 Å². The normalized spacial score (nSPS) is 14.6. The molecule has 3 aromatic carbocycles. The van der Waals surface area contributed by atoms with Gasteiger partial charge in [-0.2, -0.15) is 13.2 Å². The predicted molar refractivity (Wildman–Crippen MR) is 151 cm³/mol. The molecule has 1 amide bonds. The number of nitrogen functional groups attached to an aromatic ring is 1. The quantitative estimate of drug-likeness (QED) is 0.196. The lowest BCUT2D eigenvalue weighted by Gasteiger charge is -2.37. The SMILES string of the molecule is CS(=O)(=O)c1ccccc1-c1ccc(NC(=O)C2(Nc3cccc(C(=N)N)c3)CCOCC2)cc1.O=C(O)C(F)(F)F. The van der Waals surface area contributed by atoms with E-state index < -0.39 is 27.5 Å². The average molecular weight is 607 g/mol. The topological polar surface area (TPSA) is 172 Å². The van der Waals surface area contributed by atoms with Crippen LogP contribution in [0.25, 0.3) is 11.1 Å². The van der Waals surface area contributed by atoms with Gasteiger partial charge < -0.3 is 26.2 Å². The van der Waals surface area contributed by atoms with Crippen molar-refractivity contribution >= 4 is 38.9 Å². The van der Waals surface area contributed by atoms with Crippen LogP contribution in [-0.4, -0.2) is 62.4 Å². The summed E-state index contributed by atoms with van der Waals surface area (Å²) in [5.74, 6) is -3.00. The van der Waals surface area contributed by atoms with Crippen LogP contribution in [0.4, 0.5) is 24.5 Å². The third-order valence-electron chi connectivity index (χ3n) is 6.32. The Kier molecular flexibility index (Phi) is 9.96.